The third-order valence-corrected chi connectivity index (χ3v) is 5.45. The Hall–Kier alpha value is -0.830. The number of benzene rings is 1. The van der Waals surface area contributed by atoms with Crippen LogP contribution in [0.2, 0.25) is 5.02 Å². The number of unbranched alkanes of at least 4 members (excludes halogenated alkanes) is 1. The molecule has 0 aliphatic carbocycles. The summed E-state index contributed by atoms with van der Waals surface area (Å²) in [5.74, 6) is 0. The predicted molar refractivity (Wildman–Crippen MR) is 88.6 cm³/mol. The molecule has 1 aromatic rings. The Kier molecular flexibility index (Phi) is 7.52. The van der Waals surface area contributed by atoms with Gasteiger partial charge in [-0.1, -0.05) is 11.6 Å². The zero-order valence-corrected chi connectivity index (χ0v) is 15.4. The van der Waals surface area contributed by atoms with Crippen molar-refractivity contribution in [2.24, 2.45) is 0 Å². The molecule has 0 heterocycles. The van der Waals surface area contributed by atoms with Crippen molar-refractivity contribution >= 4 is 21.6 Å². The number of rotatable bonds is 8. The summed E-state index contributed by atoms with van der Waals surface area (Å²) in [5.41, 5.74) is -1.16. The van der Waals surface area contributed by atoms with Gasteiger partial charge in [0, 0.05) is 12.6 Å². The van der Waals surface area contributed by atoms with Gasteiger partial charge in [-0.05, 0) is 58.5 Å². The van der Waals surface area contributed by atoms with E-state index >= 15 is 0 Å². The van der Waals surface area contributed by atoms with Crippen LogP contribution in [-0.4, -0.2) is 39.5 Å². The van der Waals surface area contributed by atoms with Gasteiger partial charge in [-0.25, -0.2) is 13.1 Å². The second-order valence-electron chi connectivity index (χ2n) is 5.82. The summed E-state index contributed by atoms with van der Waals surface area (Å²) in [4.78, 5) is 1.68. The highest BCUT2D eigenvalue weighted by molar-refractivity contribution is 7.89. The third kappa shape index (κ3) is 6.23. The molecule has 1 N–H and O–H groups in total. The SMILES string of the molecule is CC(C)N(C)CCCCNS(=O)(=O)c1ccc(Cl)c(C(F)(F)F)c1. The fourth-order valence-electron chi connectivity index (χ4n) is 1.92. The van der Waals surface area contributed by atoms with Crippen LogP contribution < -0.4 is 4.72 Å². The maximum Gasteiger partial charge on any atom is 0.417 e. The Balaban J connectivity index is 2.66. The number of hydrogen-bond acceptors (Lipinski definition) is 3. The van der Waals surface area contributed by atoms with E-state index in [0.29, 0.717) is 18.5 Å². The molecule has 0 atom stereocenters. The van der Waals surface area contributed by atoms with Crippen molar-refractivity contribution in [1.29, 1.82) is 0 Å². The fraction of sp³-hybridized carbons (Fsp3) is 0.600. The number of nitrogens with zero attached hydrogens (tertiary/aromatic N) is 1. The molecule has 1 rings (SSSR count). The minimum absolute atomic E-state index is 0.165. The van der Waals surface area contributed by atoms with Gasteiger partial charge in [0.2, 0.25) is 10.0 Å². The molecule has 0 bridgehead atoms. The van der Waals surface area contributed by atoms with E-state index in [0.717, 1.165) is 25.1 Å². The lowest BCUT2D eigenvalue weighted by atomic mass is 10.2. The van der Waals surface area contributed by atoms with Gasteiger partial charge in [-0.15, -0.1) is 0 Å². The molecule has 0 radical (unpaired) electrons. The van der Waals surface area contributed by atoms with Gasteiger partial charge < -0.3 is 4.90 Å². The molecule has 9 heteroatoms. The molecule has 0 unspecified atom stereocenters. The second-order valence-corrected chi connectivity index (χ2v) is 7.99. The maximum absolute atomic E-state index is 12.8. The summed E-state index contributed by atoms with van der Waals surface area (Å²) in [6.07, 6.45) is -3.33. The Labute approximate surface area is 146 Å². The largest absolute Gasteiger partial charge is 0.417 e. The first-order chi connectivity index (χ1) is 10.9. The lowest BCUT2D eigenvalue weighted by Gasteiger charge is -2.20. The molecule has 0 amide bonds. The Bertz CT molecular complexity index is 649. The van der Waals surface area contributed by atoms with Crippen LogP contribution in [0.3, 0.4) is 0 Å². The zero-order valence-electron chi connectivity index (χ0n) is 13.8. The van der Waals surface area contributed by atoms with Crippen molar-refractivity contribution in [2.75, 3.05) is 20.1 Å². The lowest BCUT2D eigenvalue weighted by Crippen LogP contribution is -2.29. The molecule has 0 fully saturated rings. The first-order valence-electron chi connectivity index (χ1n) is 7.52. The Morgan fingerprint density at radius 1 is 1.25 bits per heavy atom. The van der Waals surface area contributed by atoms with Crippen molar-refractivity contribution in [3.63, 3.8) is 0 Å². The molecule has 138 valence electrons. The van der Waals surface area contributed by atoms with E-state index < -0.39 is 31.7 Å². The van der Waals surface area contributed by atoms with Gasteiger partial charge in [0.25, 0.3) is 0 Å². The molecule has 0 saturated heterocycles. The first kappa shape index (κ1) is 21.2. The van der Waals surface area contributed by atoms with Gasteiger partial charge in [0.05, 0.1) is 15.5 Å². The van der Waals surface area contributed by atoms with E-state index in [1.165, 1.54) is 0 Å². The third-order valence-electron chi connectivity index (χ3n) is 3.66. The van der Waals surface area contributed by atoms with Crippen LogP contribution in [0, 0.1) is 0 Å². The second kappa shape index (κ2) is 8.51. The van der Waals surface area contributed by atoms with Crippen molar-refractivity contribution in [2.45, 2.75) is 43.8 Å². The smallest absolute Gasteiger partial charge is 0.304 e. The average Bonchev–Trinajstić information content (AvgIpc) is 2.45. The quantitative estimate of drug-likeness (QED) is 0.692. The van der Waals surface area contributed by atoms with E-state index in [2.05, 4.69) is 23.5 Å². The number of halogens is 4. The van der Waals surface area contributed by atoms with E-state index in [9.17, 15) is 21.6 Å². The highest BCUT2D eigenvalue weighted by Gasteiger charge is 2.34. The van der Waals surface area contributed by atoms with Crippen LogP contribution in [0.5, 0.6) is 0 Å². The van der Waals surface area contributed by atoms with Crippen molar-refractivity contribution in [3.8, 4) is 0 Å². The summed E-state index contributed by atoms with van der Waals surface area (Å²) in [5, 5.41) is -0.529. The minimum Gasteiger partial charge on any atom is -0.304 e. The molecule has 4 nitrogen and oxygen atoms in total. The molecule has 24 heavy (non-hydrogen) atoms. The van der Waals surface area contributed by atoms with E-state index in [1.54, 1.807) is 0 Å². The highest BCUT2D eigenvalue weighted by Crippen LogP contribution is 2.35. The maximum atomic E-state index is 12.8. The van der Waals surface area contributed by atoms with Crippen LogP contribution in [-0.2, 0) is 16.2 Å². The average molecular weight is 387 g/mol. The number of nitrogens with one attached hydrogen (secondary N) is 1. The molecule has 0 aromatic heterocycles. The van der Waals surface area contributed by atoms with E-state index in [1.807, 2.05) is 7.05 Å². The number of alkyl halides is 3. The van der Waals surface area contributed by atoms with Gasteiger partial charge in [0.15, 0.2) is 0 Å². The van der Waals surface area contributed by atoms with Crippen LogP contribution in [0.15, 0.2) is 23.1 Å². The monoisotopic (exact) mass is 386 g/mol. The van der Waals surface area contributed by atoms with E-state index in [-0.39, 0.29) is 6.54 Å². The molecule has 0 aliphatic rings. The Morgan fingerprint density at radius 3 is 2.42 bits per heavy atom. The number of sulfonamides is 1. The molecule has 0 spiro atoms. The van der Waals surface area contributed by atoms with Gasteiger partial charge in [-0.3, -0.25) is 0 Å². The molecular weight excluding hydrogens is 365 g/mol. The van der Waals surface area contributed by atoms with Crippen LogP contribution in [0.1, 0.15) is 32.3 Å². The topological polar surface area (TPSA) is 49.4 Å². The van der Waals surface area contributed by atoms with E-state index in [4.69, 9.17) is 11.6 Å². The van der Waals surface area contributed by atoms with Crippen molar-refractivity contribution in [3.05, 3.63) is 28.8 Å². The summed E-state index contributed by atoms with van der Waals surface area (Å²) in [7, 11) is -2.03. The molecule has 1 aromatic carbocycles. The van der Waals surface area contributed by atoms with Crippen LogP contribution in [0.25, 0.3) is 0 Å². The summed E-state index contributed by atoms with van der Waals surface area (Å²) in [6.45, 7) is 5.10. The first-order valence-corrected chi connectivity index (χ1v) is 9.38. The van der Waals surface area contributed by atoms with Crippen LogP contribution >= 0.6 is 11.6 Å². The van der Waals surface area contributed by atoms with Crippen molar-refractivity contribution < 1.29 is 21.6 Å². The highest BCUT2D eigenvalue weighted by atomic mass is 35.5. The lowest BCUT2D eigenvalue weighted by molar-refractivity contribution is -0.137. The standard InChI is InChI=1S/C15H22ClF3N2O2S/c1-11(2)21(3)9-5-4-8-20-24(22,23)12-6-7-14(16)13(10-12)15(17,18)19/h6-7,10-11,20H,4-5,8-9H2,1-3H3. The summed E-state index contributed by atoms with van der Waals surface area (Å²) >= 11 is 5.49. The minimum atomic E-state index is -4.70. The fourth-order valence-corrected chi connectivity index (χ4v) is 3.25. The van der Waals surface area contributed by atoms with Gasteiger partial charge in [0.1, 0.15) is 0 Å². The molecular formula is C15H22ClF3N2O2S. The predicted octanol–water partition coefficient (Wildman–Crippen LogP) is 3.76. The zero-order chi connectivity index (χ0) is 18.5. The summed E-state index contributed by atoms with van der Waals surface area (Å²) in [6, 6.07) is 2.96. The van der Waals surface area contributed by atoms with Gasteiger partial charge in [-0.2, -0.15) is 13.2 Å². The summed E-state index contributed by atoms with van der Waals surface area (Å²) < 4.78 is 64.9. The number of hydrogen-bond donors (Lipinski definition) is 1. The molecule has 0 aliphatic heterocycles. The molecule has 0 saturated carbocycles. The normalized spacial score (nSPS) is 13.0. The Morgan fingerprint density at radius 2 is 1.88 bits per heavy atom. The van der Waals surface area contributed by atoms with Crippen LogP contribution in [0.4, 0.5) is 13.2 Å². The van der Waals surface area contributed by atoms with Crippen molar-refractivity contribution in [1.82, 2.24) is 9.62 Å². The van der Waals surface area contributed by atoms with Gasteiger partial charge >= 0.3 is 6.18 Å².